The van der Waals surface area contributed by atoms with Gasteiger partial charge in [0.05, 0.1) is 17.7 Å². The number of benzene rings is 2. The number of hydrogen-bond acceptors (Lipinski definition) is 5. The second-order valence-corrected chi connectivity index (χ2v) is 10.3. The molecule has 2 aromatic heterocycles. The summed E-state index contributed by atoms with van der Waals surface area (Å²) in [6, 6.07) is 17.0. The van der Waals surface area contributed by atoms with Gasteiger partial charge in [-0.15, -0.1) is 0 Å². The summed E-state index contributed by atoms with van der Waals surface area (Å²) in [5.41, 5.74) is 4.91. The molecule has 0 saturated carbocycles. The van der Waals surface area contributed by atoms with Crippen LogP contribution in [-0.4, -0.2) is 50.6 Å². The van der Waals surface area contributed by atoms with Gasteiger partial charge in [0.1, 0.15) is 5.82 Å². The molecule has 0 atom stereocenters. The molecule has 0 spiro atoms. The number of aromatic amines is 2. The van der Waals surface area contributed by atoms with E-state index in [4.69, 9.17) is 16.6 Å². The molecule has 0 radical (unpaired) electrons. The highest BCUT2D eigenvalue weighted by Crippen LogP contribution is 2.17. The lowest BCUT2D eigenvalue weighted by Crippen LogP contribution is -2.42. The molecular formula is C28H32ClN7OS. The van der Waals surface area contributed by atoms with Gasteiger partial charge < -0.3 is 15.3 Å². The van der Waals surface area contributed by atoms with E-state index in [1.54, 1.807) is 30.2 Å². The summed E-state index contributed by atoms with van der Waals surface area (Å²) in [5, 5.41) is 6.94. The monoisotopic (exact) mass is 549 g/mol. The Morgan fingerprint density at radius 1 is 1.13 bits per heavy atom. The van der Waals surface area contributed by atoms with E-state index < -0.39 is 0 Å². The van der Waals surface area contributed by atoms with Gasteiger partial charge in [0.15, 0.2) is 5.96 Å². The van der Waals surface area contributed by atoms with Gasteiger partial charge in [-0.1, -0.05) is 41.9 Å². The number of hydrogen-bond donors (Lipinski definition) is 4. The number of nitrogens with zero attached hydrogens (tertiary/aromatic N) is 3. The number of aryl methyl sites for hydroxylation is 2. The number of guanidine groups is 1. The van der Waals surface area contributed by atoms with Crippen molar-refractivity contribution >= 4 is 35.2 Å². The lowest BCUT2D eigenvalue weighted by atomic mass is 10.1. The summed E-state index contributed by atoms with van der Waals surface area (Å²) < 4.78 is 0. The van der Waals surface area contributed by atoms with Gasteiger partial charge in [-0.05, 0) is 49.6 Å². The van der Waals surface area contributed by atoms with Crippen LogP contribution in [0.2, 0.25) is 5.02 Å². The summed E-state index contributed by atoms with van der Waals surface area (Å²) in [6.07, 6.45) is 5.97. The summed E-state index contributed by atoms with van der Waals surface area (Å²) in [4.78, 5) is 32.7. The highest BCUT2D eigenvalue weighted by atomic mass is 35.5. The number of rotatable bonds is 12. The molecule has 4 N–H and O–H groups in total. The first-order valence-corrected chi connectivity index (χ1v) is 14.1. The molecule has 0 unspecified atom stereocenters. The minimum Gasteiger partial charge on any atom is -0.355 e. The van der Waals surface area contributed by atoms with Gasteiger partial charge in [-0.3, -0.25) is 15.1 Å². The number of nitrogens with one attached hydrogen (secondary N) is 4. The zero-order valence-corrected chi connectivity index (χ0v) is 22.9. The van der Waals surface area contributed by atoms with E-state index >= 15 is 0 Å². The molecule has 4 rings (SSSR count). The molecule has 10 heteroatoms. The predicted octanol–water partition coefficient (Wildman–Crippen LogP) is 4.93. The zero-order valence-electron chi connectivity index (χ0n) is 21.3. The topological polar surface area (TPSA) is 111 Å². The Hall–Kier alpha value is -3.56. The van der Waals surface area contributed by atoms with Crippen LogP contribution in [0.25, 0.3) is 0 Å². The fourth-order valence-electron chi connectivity index (χ4n) is 3.78. The fraction of sp³-hybridized carbons (Fsp3) is 0.286. The van der Waals surface area contributed by atoms with Crippen molar-refractivity contribution in [3.05, 3.63) is 106 Å². The number of thioether (sulfide) groups is 1. The second-order valence-electron chi connectivity index (χ2n) is 8.75. The Bertz CT molecular complexity index is 1300. The molecule has 8 nitrogen and oxygen atoms in total. The van der Waals surface area contributed by atoms with Gasteiger partial charge in [-0.25, -0.2) is 9.97 Å². The number of amides is 1. The van der Waals surface area contributed by atoms with E-state index in [0.29, 0.717) is 24.6 Å². The van der Waals surface area contributed by atoms with Crippen molar-refractivity contribution in [1.29, 1.82) is 0 Å². The average Bonchev–Trinajstić information content (AvgIpc) is 3.57. The highest BCUT2D eigenvalue weighted by molar-refractivity contribution is 7.98. The Balaban J connectivity index is 1.25. The average molecular weight is 550 g/mol. The van der Waals surface area contributed by atoms with E-state index in [2.05, 4.69) is 37.5 Å². The first-order valence-electron chi connectivity index (χ1n) is 12.6. The van der Waals surface area contributed by atoms with Gasteiger partial charge in [0.2, 0.25) is 0 Å². The van der Waals surface area contributed by atoms with Gasteiger partial charge in [0.25, 0.3) is 5.91 Å². The van der Waals surface area contributed by atoms with Crippen molar-refractivity contribution in [3.63, 3.8) is 0 Å². The highest BCUT2D eigenvalue weighted by Gasteiger charge is 2.10. The van der Waals surface area contributed by atoms with Crippen LogP contribution in [0.1, 0.15) is 45.2 Å². The maximum Gasteiger partial charge on any atom is 0.257 e. The van der Waals surface area contributed by atoms with Crippen LogP contribution in [0.4, 0.5) is 0 Å². The number of carbonyl (C=O) groups is 1. The summed E-state index contributed by atoms with van der Waals surface area (Å²) in [7, 11) is 0. The Morgan fingerprint density at radius 2 is 1.95 bits per heavy atom. The number of aromatic nitrogens is 4. The SMILES string of the molecule is Cc1[nH]c(Cc2ccc(Cl)cc2)nc1CSCCNC(=NCCCc1c[nH]cn1)NC(=O)c1ccccc1. The third-order valence-corrected chi connectivity index (χ3v) is 7.00. The van der Waals surface area contributed by atoms with Gasteiger partial charge in [-0.2, -0.15) is 11.8 Å². The van der Waals surface area contributed by atoms with E-state index in [1.165, 1.54) is 5.56 Å². The molecule has 198 valence electrons. The molecule has 4 aromatic rings. The van der Waals surface area contributed by atoms with Crippen LogP contribution in [0.3, 0.4) is 0 Å². The summed E-state index contributed by atoms with van der Waals surface area (Å²) >= 11 is 7.77. The fourth-order valence-corrected chi connectivity index (χ4v) is 4.77. The van der Waals surface area contributed by atoms with Crippen molar-refractivity contribution in [1.82, 2.24) is 30.6 Å². The van der Waals surface area contributed by atoms with Crippen LogP contribution in [-0.2, 0) is 18.6 Å². The van der Waals surface area contributed by atoms with Crippen LogP contribution in [0.5, 0.6) is 0 Å². The van der Waals surface area contributed by atoms with Crippen molar-refractivity contribution in [2.75, 3.05) is 18.8 Å². The molecule has 0 aliphatic carbocycles. The van der Waals surface area contributed by atoms with E-state index in [1.807, 2.05) is 48.7 Å². The number of halogens is 1. The maximum absolute atomic E-state index is 12.7. The Kier molecular flexibility index (Phi) is 10.4. The molecule has 0 bridgehead atoms. The van der Waals surface area contributed by atoms with Gasteiger partial charge >= 0.3 is 0 Å². The van der Waals surface area contributed by atoms with E-state index in [9.17, 15) is 4.79 Å². The largest absolute Gasteiger partial charge is 0.355 e. The molecular weight excluding hydrogens is 518 g/mol. The molecule has 2 aromatic carbocycles. The maximum atomic E-state index is 12.7. The van der Waals surface area contributed by atoms with E-state index in [0.717, 1.165) is 58.7 Å². The number of imidazole rings is 2. The van der Waals surface area contributed by atoms with Gasteiger partial charge in [0, 0.05) is 53.5 Å². The first kappa shape index (κ1) is 27.5. The van der Waals surface area contributed by atoms with Crippen LogP contribution < -0.4 is 10.6 Å². The zero-order chi connectivity index (χ0) is 26.6. The number of aliphatic imine (C=N–C) groups is 1. The van der Waals surface area contributed by atoms with Crippen LogP contribution >= 0.6 is 23.4 Å². The Labute approximate surface area is 232 Å². The van der Waals surface area contributed by atoms with E-state index in [-0.39, 0.29) is 5.91 Å². The van der Waals surface area contributed by atoms with Crippen molar-refractivity contribution < 1.29 is 4.79 Å². The lowest BCUT2D eigenvalue weighted by molar-refractivity contribution is 0.0976. The number of carbonyl (C=O) groups excluding carboxylic acids is 1. The standard InChI is InChI=1S/C28H32ClN7OS/c1-20-25(35-26(34-20)16-21-9-11-23(29)12-10-21)18-38-15-14-32-28(31-13-5-8-24-17-30-19-33-24)36-27(37)22-6-3-2-4-7-22/h2-4,6-7,9-12,17,19H,5,8,13-16,18H2,1H3,(H,30,33)(H,34,35)(H2,31,32,36,37). The van der Waals surface area contributed by atoms with Crippen molar-refractivity contribution in [2.24, 2.45) is 4.99 Å². The normalized spacial score (nSPS) is 11.5. The molecule has 0 fully saturated rings. The smallest absolute Gasteiger partial charge is 0.257 e. The van der Waals surface area contributed by atoms with Crippen LogP contribution in [0, 0.1) is 6.92 Å². The Morgan fingerprint density at radius 3 is 2.71 bits per heavy atom. The molecule has 38 heavy (non-hydrogen) atoms. The molecule has 2 heterocycles. The minimum absolute atomic E-state index is 0.183. The third-order valence-electron chi connectivity index (χ3n) is 5.78. The summed E-state index contributed by atoms with van der Waals surface area (Å²) in [5.74, 6) is 2.90. The minimum atomic E-state index is -0.183. The number of H-pyrrole nitrogens is 2. The quantitative estimate of drug-likeness (QED) is 0.114. The second kappa shape index (κ2) is 14.4. The third kappa shape index (κ3) is 8.78. The molecule has 0 aliphatic rings. The van der Waals surface area contributed by atoms with Crippen molar-refractivity contribution in [2.45, 2.75) is 31.9 Å². The first-order chi connectivity index (χ1) is 18.6. The summed E-state index contributed by atoms with van der Waals surface area (Å²) in [6.45, 7) is 3.30. The molecule has 0 saturated heterocycles. The molecule has 1 amide bonds. The predicted molar refractivity (Wildman–Crippen MR) is 155 cm³/mol. The van der Waals surface area contributed by atoms with Crippen molar-refractivity contribution in [3.8, 4) is 0 Å². The molecule has 0 aliphatic heterocycles. The van der Waals surface area contributed by atoms with Crippen LogP contribution in [0.15, 0.2) is 72.1 Å². The lowest BCUT2D eigenvalue weighted by Gasteiger charge is -2.12.